The summed E-state index contributed by atoms with van der Waals surface area (Å²) in [5, 5.41) is 10.0. The van der Waals surface area contributed by atoms with Crippen LogP contribution in [0.4, 0.5) is 0 Å². The second-order valence-corrected chi connectivity index (χ2v) is 5.89. The first-order valence-corrected chi connectivity index (χ1v) is 7.73. The Morgan fingerprint density at radius 1 is 1.37 bits per heavy atom. The first-order chi connectivity index (χ1) is 9.20. The van der Waals surface area contributed by atoms with E-state index in [1.54, 1.807) is 0 Å². The fourth-order valence-electron chi connectivity index (χ4n) is 3.06. The van der Waals surface area contributed by atoms with E-state index in [4.69, 9.17) is 0 Å². The Hall–Kier alpha value is -0.800. The fraction of sp³-hybridized carbons (Fsp3) is 0.750. The number of rotatable bonds is 6. The quantitative estimate of drug-likeness (QED) is 0.855. The summed E-state index contributed by atoms with van der Waals surface area (Å²) in [6.07, 6.45) is 9.41. The Bertz CT molecular complexity index is 369. The van der Waals surface area contributed by atoms with Crippen LogP contribution in [0.15, 0.2) is 18.3 Å². The summed E-state index contributed by atoms with van der Waals surface area (Å²) in [4.78, 5) is 2.50. The lowest BCUT2D eigenvalue weighted by Crippen LogP contribution is -2.41. The second-order valence-electron chi connectivity index (χ2n) is 5.89. The fourth-order valence-corrected chi connectivity index (χ4v) is 3.06. The number of nitrogens with zero attached hydrogens (tertiary/aromatic N) is 2. The number of hydrogen-bond acceptors (Lipinski definition) is 2. The molecule has 0 aliphatic heterocycles. The van der Waals surface area contributed by atoms with E-state index in [0.29, 0.717) is 6.04 Å². The van der Waals surface area contributed by atoms with Crippen molar-refractivity contribution < 1.29 is 5.11 Å². The van der Waals surface area contributed by atoms with Gasteiger partial charge < -0.3 is 9.67 Å². The lowest BCUT2D eigenvalue weighted by molar-refractivity contribution is 0.0645. The molecule has 0 aromatic carbocycles. The van der Waals surface area contributed by atoms with Gasteiger partial charge in [-0.25, -0.2) is 0 Å². The third kappa shape index (κ3) is 4.08. The van der Waals surface area contributed by atoms with Crippen LogP contribution in [0, 0.1) is 0 Å². The molecule has 1 aliphatic rings. The molecule has 1 heterocycles. The van der Waals surface area contributed by atoms with Gasteiger partial charge in [-0.1, -0.05) is 26.2 Å². The standard InChI is InChI=1S/C16H28N2O/c1-3-16(19)13-18(14-8-5-4-6-9-14)12-15-10-7-11-17(15)2/h7,10-11,14,16,19H,3-6,8-9,12-13H2,1-2H3/t16-/m1/s1. The van der Waals surface area contributed by atoms with Gasteiger partial charge in [-0.3, -0.25) is 4.90 Å². The van der Waals surface area contributed by atoms with Crippen molar-refractivity contribution in [2.45, 2.75) is 64.1 Å². The Kier molecular flexibility index (Phi) is 5.46. The molecular weight excluding hydrogens is 236 g/mol. The molecule has 1 aliphatic carbocycles. The van der Waals surface area contributed by atoms with Gasteiger partial charge in [-0.15, -0.1) is 0 Å². The van der Waals surface area contributed by atoms with Crippen molar-refractivity contribution in [3.8, 4) is 0 Å². The van der Waals surface area contributed by atoms with E-state index in [-0.39, 0.29) is 6.10 Å². The molecule has 1 fully saturated rings. The van der Waals surface area contributed by atoms with E-state index in [1.165, 1.54) is 37.8 Å². The van der Waals surface area contributed by atoms with Gasteiger partial charge in [0.25, 0.3) is 0 Å². The average molecular weight is 264 g/mol. The zero-order chi connectivity index (χ0) is 13.7. The lowest BCUT2D eigenvalue weighted by Gasteiger charge is -2.35. The zero-order valence-corrected chi connectivity index (χ0v) is 12.4. The number of hydrogen-bond donors (Lipinski definition) is 1. The monoisotopic (exact) mass is 264 g/mol. The maximum absolute atomic E-state index is 10.0. The minimum atomic E-state index is -0.192. The van der Waals surface area contributed by atoms with E-state index in [2.05, 4.69) is 41.8 Å². The van der Waals surface area contributed by atoms with Gasteiger partial charge in [0.05, 0.1) is 6.10 Å². The highest BCUT2D eigenvalue weighted by Gasteiger charge is 2.23. The summed E-state index contributed by atoms with van der Waals surface area (Å²) in [7, 11) is 2.10. The van der Waals surface area contributed by atoms with Crippen molar-refractivity contribution in [1.82, 2.24) is 9.47 Å². The predicted molar refractivity (Wildman–Crippen MR) is 79.0 cm³/mol. The molecule has 108 valence electrons. The van der Waals surface area contributed by atoms with Crippen LogP contribution in [0.25, 0.3) is 0 Å². The molecule has 0 bridgehead atoms. The minimum Gasteiger partial charge on any atom is -0.392 e. The van der Waals surface area contributed by atoms with Gasteiger partial charge >= 0.3 is 0 Å². The summed E-state index contributed by atoms with van der Waals surface area (Å²) in [6, 6.07) is 4.95. The van der Waals surface area contributed by atoms with Gasteiger partial charge in [-0.2, -0.15) is 0 Å². The number of aryl methyl sites for hydroxylation is 1. The van der Waals surface area contributed by atoms with Crippen LogP contribution in [0.5, 0.6) is 0 Å². The van der Waals surface area contributed by atoms with Crippen LogP contribution < -0.4 is 0 Å². The normalized spacial score (nSPS) is 18.9. The van der Waals surface area contributed by atoms with Crippen LogP contribution in [-0.2, 0) is 13.6 Å². The molecule has 1 saturated carbocycles. The van der Waals surface area contributed by atoms with Crippen molar-refractivity contribution in [3.05, 3.63) is 24.0 Å². The molecule has 0 radical (unpaired) electrons. The van der Waals surface area contributed by atoms with Crippen molar-refractivity contribution in [1.29, 1.82) is 0 Å². The lowest BCUT2D eigenvalue weighted by atomic mass is 9.93. The van der Waals surface area contributed by atoms with Crippen LogP contribution in [-0.4, -0.2) is 33.3 Å². The molecule has 1 aromatic heterocycles. The van der Waals surface area contributed by atoms with Gasteiger partial charge in [0.15, 0.2) is 0 Å². The molecule has 0 amide bonds. The summed E-state index contributed by atoms with van der Waals surface area (Å²) in [6.45, 7) is 3.84. The van der Waals surface area contributed by atoms with Crippen LogP contribution >= 0.6 is 0 Å². The van der Waals surface area contributed by atoms with Crippen LogP contribution in [0.1, 0.15) is 51.1 Å². The Morgan fingerprint density at radius 3 is 2.68 bits per heavy atom. The maximum Gasteiger partial charge on any atom is 0.0664 e. The van der Waals surface area contributed by atoms with E-state index in [0.717, 1.165) is 19.5 Å². The first kappa shape index (κ1) is 14.6. The van der Waals surface area contributed by atoms with Crippen LogP contribution in [0.3, 0.4) is 0 Å². The molecule has 3 nitrogen and oxygen atoms in total. The van der Waals surface area contributed by atoms with Crippen molar-refractivity contribution in [2.75, 3.05) is 6.54 Å². The topological polar surface area (TPSA) is 28.4 Å². The summed E-state index contributed by atoms with van der Waals surface area (Å²) in [5.74, 6) is 0. The predicted octanol–water partition coefficient (Wildman–Crippen LogP) is 2.93. The zero-order valence-electron chi connectivity index (χ0n) is 12.4. The summed E-state index contributed by atoms with van der Waals surface area (Å²) < 4.78 is 2.19. The van der Waals surface area contributed by atoms with Crippen molar-refractivity contribution in [3.63, 3.8) is 0 Å². The van der Waals surface area contributed by atoms with Gasteiger partial charge in [0.1, 0.15) is 0 Å². The molecule has 0 saturated heterocycles. The van der Waals surface area contributed by atoms with E-state index < -0.39 is 0 Å². The highest BCUT2D eigenvalue weighted by Crippen LogP contribution is 2.24. The Labute approximate surface area is 117 Å². The highest BCUT2D eigenvalue weighted by atomic mass is 16.3. The first-order valence-electron chi connectivity index (χ1n) is 7.73. The highest BCUT2D eigenvalue weighted by molar-refractivity contribution is 5.06. The largest absolute Gasteiger partial charge is 0.392 e. The number of aliphatic hydroxyl groups is 1. The smallest absolute Gasteiger partial charge is 0.0664 e. The number of aromatic nitrogens is 1. The second kappa shape index (κ2) is 7.11. The molecule has 1 N–H and O–H groups in total. The van der Waals surface area contributed by atoms with E-state index >= 15 is 0 Å². The SMILES string of the molecule is CC[C@@H](O)CN(Cc1cccn1C)C1CCCCC1. The molecule has 2 rings (SSSR count). The van der Waals surface area contributed by atoms with E-state index in [9.17, 15) is 5.11 Å². The van der Waals surface area contributed by atoms with Gasteiger partial charge in [0, 0.05) is 38.1 Å². The van der Waals surface area contributed by atoms with Gasteiger partial charge in [0.2, 0.25) is 0 Å². The minimum absolute atomic E-state index is 0.192. The van der Waals surface area contributed by atoms with E-state index in [1.807, 2.05) is 0 Å². The summed E-state index contributed by atoms with van der Waals surface area (Å²) >= 11 is 0. The Morgan fingerprint density at radius 2 is 2.11 bits per heavy atom. The van der Waals surface area contributed by atoms with Crippen molar-refractivity contribution in [2.24, 2.45) is 7.05 Å². The number of aliphatic hydroxyl groups excluding tert-OH is 1. The summed E-state index contributed by atoms with van der Waals surface area (Å²) in [5.41, 5.74) is 1.34. The van der Waals surface area contributed by atoms with Crippen LogP contribution in [0.2, 0.25) is 0 Å². The molecule has 19 heavy (non-hydrogen) atoms. The third-order valence-electron chi connectivity index (χ3n) is 4.42. The molecular formula is C16H28N2O. The van der Waals surface area contributed by atoms with Crippen molar-refractivity contribution >= 4 is 0 Å². The Balaban J connectivity index is 2.02. The molecule has 0 unspecified atom stereocenters. The molecule has 0 spiro atoms. The van der Waals surface area contributed by atoms with Gasteiger partial charge in [-0.05, 0) is 31.4 Å². The molecule has 1 atom stereocenters. The molecule has 1 aromatic rings. The molecule has 3 heteroatoms. The average Bonchev–Trinajstić information content (AvgIpc) is 2.84. The third-order valence-corrected chi connectivity index (χ3v) is 4.42. The maximum atomic E-state index is 10.0.